The number of benzene rings is 5. The maximum absolute atomic E-state index is 5.60. The molecule has 5 heteroatoms. The molecule has 2 fully saturated rings. The fraction of sp³-hybridized carbons (Fsp3) is 0.326. The van der Waals surface area contributed by atoms with Crippen LogP contribution in [0.1, 0.15) is 97.9 Å². The maximum atomic E-state index is 5.60. The summed E-state index contributed by atoms with van der Waals surface area (Å²) in [7, 11) is 1.25. The fourth-order valence-electron chi connectivity index (χ4n) is 9.27. The Morgan fingerprint density at radius 3 is 1.43 bits per heavy atom. The van der Waals surface area contributed by atoms with Gasteiger partial charge in [0.2, 0.25) is 0 Å². The van der Waals surface area contributed by atoms with E-state index in [0.29, 0.717) is 35.5 Å². The second kappa shape index (κ2) is 17.8. The molecule has 1 aliphatic heterocycles. The summed E-state index contributed by atoms with van der Waals surface area (Å²) in [6.45, 7) is 9.54. The van der Waals surface area contributed by atoms with Crippen LogP contribution >= 0.6 is 28.5 Å². The van der Waals surface area contributed by atoms with Gasteiger partial charge < -0.3 is 5.32 Å². The van der Waals surface area contributed by atoms with E-state index >= 15 is 0 Å². The zero-order chi connectivity index (χ0) is 35.8. The molecule has 0 spiro atoms. The van der Waals surface area contributed by atoms with Gasteiger partial charge in [-0.2, -0.15) is 0 Å². The van der Waals surface area contributed by atoms with Crippen molar-refractivity contribution in [1.29, 1.82) is 0 Å². The Kier molecular flexibility index (Phi) is 13.2. The van der Waals surface area contributed by atoms with E-state index in [1.165, 1.54) is 38.7 Å². The van der Waals surface area contributed by atoms with Crippen LogP contribution in [0.2, 0.25) is 0 Å². The third-order valence-corrected chi connectivity index (χ3v) is 11.4. The van der Waals surface area contributed by atoms with Gasteiger partial charge in [-0.25, -0.2) is 0 Å². The van der Waals surface area contributed by atoms with Crippen molar-refractivity contribution in [3.8, 4) is 0 Å². The molecule has 7 rings (SSSR count). The molecule has 0 bridgehead atoms. The van der Waals surface area contributed by atoms with Crippen molar-refractivity contribution < 1.29 is 10.9 Å². The van der Waals surface area contributed by atoms with Crippen LogP contribution in [0.15, 0.2) is 151 Å². The van der Waals surface area contributed by atoms with E-state index in [1.54, 1.807) is 0 Å². The van der Waals surface area contributed by atoms with Gasteiger partial charge in [-0.05, 0) is 81.0 Å². The third kappa shape index (κ3) is 8.54. The SMILES string of the molecule is CC(C)c1ccccc1N=CC1CCC(C(C)(C)C2C(c3ccccc3)C(c3ccccc3)C(c3ccccc3)C2c2ccccc2)[N-]1.[Br][Ni+][Br]. The molecule has 0 amide bonds. The molecule has 267 valence electrons. The summed E-state index contributed by atoms with van der Waals surface area (Å²) in [4.78, 5) is 5.03. The molecule has 1 aliphatic carbocycles. The first-order valence-corrected chi connectivity index (χ1v) is 23.1. The Balaban J connectivity index is 0.00000144. The summed E-state index contributed by atoms with van der Waals surface area (Å²) in [5, 5.41) is 5.60. The minimum atomic E-state index is -0.0734. The number of nitrogens with zero attached hydrogens (tertiary/aromatic N) is 2. The Morgan fingerprint density at radius 2 is 1.00 bits per heavy atom. The van der Waals surface area contributed by atoms with Crippen molar-refractivity contribution in [2.24, 2.45) is 16.3 Å². The van der Waals surface area contributed by atoms with E-state index in [-0.39, 0.29) is 17.5 Å². The van der Waals surface area contributed by atoms with Gasteiger partial charge in [-0.1, -0.05) is 186 Å². The molecule has 1 heterocycles. The van der Waals surface area contributed by atoms with Crippen LogP contribution in [0.3, 0.4) is 0 Å². The molecular formula is C46H49Br2N2Ni. The van der Waals surface area contributed by atoms with Crippen molar-refractivity contribution >= 4 is 40.4 Å². The van der Waals surface area contributed by atoms with Gasteiger partial charge in [0, 0.05) is 0 Å². The van der Waals surface area contributed by atoms with E-state index in [0.717, 1.165) is 18.5 Å². The Labute approximate surface area is 326 Å². The van der Waals surface area contributed by atoms with Gasteiger partial charge in [-0.3, -0.25) is 4.99 Å². The Morgan fingerprint density at radius 1 is 0.608 bits per heavy atom. The number of hydrogen-bond acceptors (Lipinski definition) is 1. The van der Waals surface area contributed by atoms with Crippen LogP contribution < -0.4 is 0 Å². The van der Waals surface area contributed by atoms with E-state index in [2.05, 4.69) is 208 Å². The van der Waals surface area contributed by atoms with Gasteiger partial charge in [0.1, 0.15) is 0 Å². The normalized spacial score (nSPS) is 24.9. The average Bonchev–Trinajstić information content (AvgIpc) is 3.81. The zero-order valence-electron chi connectivity index (χ0n) is 29.9. The van der Waals surface area contributed by atoms with E-state index in [9.17, 15) is 0 Å². The quantitative estimate of drug-likeness (QED) is 0.104. The van der Waals surface area contributed by atoms with Crippen LogP contribution in [-0.4, -0.2) is 18.3 Å². The molecule has 0 aromatic heterocycles. The van der Waals surface area contributed by atoms with E-state index in [4.69, 9.17) is 10.3 Å². The van der Waals surface area contributed by atoms with Gasteiger partial charge in [-0.15, -0.1) is 6.04 Å². The molecule has 5 aromatic carbocycles. The second-order valence-corrected chi connectivity index (χ2v) is 19.9. The van der Waals surface area contributed by atoms with Gasteiger partial charge in [0.15, 0.2) is 0 Å². The van der Waals surface area contributed by atoms with Gasteiger partial charge in [0.05, 0.1) is 5.69 Å². The summed E-state index contributed by atoms with van der Waals surface area (Å²) in [5.41, 5.74) is 8.02. The van der Waals surface area contributed by atoms with Crippen LogP contribution in [0, 0.1) is 11.3 Å². The zero-order valence-corrected chi connectivity index (χ0v) is 34.1. The molecule has 6 atom stereocenters. The van der Waals surface area contributed by atoms with Crippen LogP contribution in [0.25, 0.3) is 5.32 Å². The van der Waals surface area contributed by atoms with Crippen molar-refractivity contribution in [2.45, 2.75) is 82.2 Å². The van der Waals surface area contributed by atoms with Gasteiger partial charge in [0.25, 0.3) is 0 Å². The topological polar surface area (TPSA) is 26.5 Å². The van der Waals surface area contributed by atoms with Crippen molar-refractivity contribution in [3.05, 3.63) is 179 Å². The van der Waals surface area contributed by atoms with Crippen LogP contribution in [0.4, 0.5) is 5.69 Å². The van der Waals surface area contributed by atoms with Crippen molar-refractivity contribution in [2.75, 3.05) is 0 Å². The number of halogens is 2. The molecule has 2 nitrogen and oxygen atoms in total. The monoisotopic (exact) mass is 845 g/mol. The number of aliphatic imine (C=N–C) groups is 1. The molecule has 5 aromatic rings. The third-order valence-electron chi connectivity index (χ3n) is 11.4. The molecule has 51 heavy (non-hydrogen) atoms. The first kappa shape index (κ1) is 37.9. The predicted molar refractivity (Wildman–Crippen MR) is 221 cm³/mol. The molecule has 2 aliphatic rings. The number of para-hydroxylation sites is 1. The summed E-state index contributed by atoms with van der Waals surface area (Å²) in [6, 6.07) is 54.4. The van der Waals surface area contributed by atoms with E-state index in [1.807, 2.05) is 0 Å². The summed E-state index contributed by atoms with van der Waals surface area (Å²) in [5.74, 6) is 2.06. The van der Waals surface area contributed by atoms with Crippen molar-refractivity contribution in [3.63, 3.8) is 0 Å². The molecule has 1 saturated heterocycles. The summed E-state index contributed by atoms with van der Waals surface area (Å²) < 4.78 is 0. The number of hydrogen-bond donors (Lipinski definition) is 0. The predicted octanol–water partition coefficient (Wildman–Crippen LogP) is 13.9. The molecule has 0 N–H and O–H groups in total. The average molecular weight is 848 g/mol. The standard InChI is InChI=1S/C46H49N2.2BrH.Ni/c1-32(2)38-27-17-18-28-39(38)47-31-37-29-30-40(48-37)46(3,4)45-43(35-23-13-7-14-24-35)41(33-19-9-5-10-20-33)42(34-21-11-6-12-22-34)44(45)36-25-15-8-16-26-36;;;/h5-28,31-32,37,40-45H,29-30H2,1-4H3;2*1H;/q-1;;;+3/p-2. The molecular weight excluding hydrogens is 799 g/mol. The Bertz CT molecular complexity index is 1730. The second-order valence-electron chi connectivity index (χ2n) is 14.9. The minimum absolute atomic E-state index is 0.0734. The Hall–Kier alpha value is -2.82. The molecule has 0 radical (unpaired) electrons. The fourth-order valence-corrected chi connectivity index (χ4v) is 9.27. The van der Waals surface area contributed by atoms with E-state index < -0.39 is 0 Å². The first-order chi connectivity index (χ1) is 24.8. The van der Waals surface area contributed by atoms with Gasteiger partial charge >= 0.3 is 39.3 Å². The molecule has 6 unspecified atom stereocenters. The van der Waals surface area contributed by atoms with Crippen molar-refractivity contribution in [1.82, 2.24) is 0 Å². The summed E-state index contributed by atoms with van der Waals surface area (Å²) in [6.07, 6.45) is 4.26. The first-order valence-electron chi connectivity index (χ1n) is 18.2. The molecule has 1 saturated carbocycles. The number of rotatable bonds is 9. The van der Waals surface area contributed by atoms with Crippen LogP contribution in [-0.2, 0) is 10.9 Å². The van der Waals surface area contributed by atoms with Crippen LogP contribution in [0.5, 0.6) is 0 Å². The summed E-state index contributed by atoms with van der Waals surface area (Å²) >= 11 is 6.00.